The van der Waals surface area contributed by atoms with Gasteiger partial charge < -0.3 is 5.73 Å². The summed E-state index contributed by atoms with van der Waals surface area (Å²) < 4.78 is 27.4. The molecule has 0 unspecified atom stereocenters. The molecule has 0 aliphatic rings. The topological polar surface area (TPSA) is 38.9 Å². The van der Waals surface area contributed by atoms with E-state index in [1.165, 1.54) is 0 Å². The average molecular weight is 315 g/mol. The van der Waals surface area contributed by atoms with Crippen molar-refractivity contribution in [2.45, 2.75) is 26.2 Å². The summed E-state index contributed by atoms with van der Waals surface area (Å²) in [7, 11) is 0. The lowest BCUT2D eigenvalue weighted by atomic mass is 9.91. The van der Waals surface area contributed by atoms with Gasteiger partial charge in [0.2, 0.25) is 0 Å². The predicted molar refractivity (Wildman–Crippen MR) is 72.5 cm³/mol. The highest BCUT2D eigenvalue weighted by atomic mass is 79.9. The first kappa shape index (κ1) is 13.2. The Hall–Kier alpha value is -1.23. The molecule has 0 radical (unpaired) electrons. The first-order chi connectivity index (χ1) is 8.21. The number of pyridine rings is 1. The number of hydrogen-bond donors (Lipinski definition) is 1. The Bertz CT molecular complexity index is 633. The number of nitrogens with two attached hydrogens (primary N) is 1. The van der Waals surface area contributed by atoms with Gasteiger partial charge in [0.25, 0.3) is 0 Å². The molecule has 1 aromatic carbocycles. The van der Waals surface area contributed by atoms with Crippen LogP contribution in [0.4, 0.5) is 14.5 Å². The summed E-state index contributed by atoms with van der Waals surface area (Å²) in [5.41, 5.74) is 6.71. The van der Waals surface area contributed by atoms with Crippen LogP contribution in [0.2, 0.25) is 0 Å². The molecule has 1 heterocycles. The first-order valence-electron chi connectivity index (χ1n) is 5.46. The highest BCUT2D eigenvalue weighted by Gasteiger charge is 2.21. The van der Waals surface area contributed by atoms with Crippen molar-refractivity contribution in [1.82, 2.24) is 4.98 Å². The molecule has 18 heavy (non-hydrogen) atoms. The Labute approximate surface area is 112 Å². The van der Waals surface area contributed by atoms with Crippen molar-refractivity contribution in [2.75, 3.05) is 5.73 Å². The van der Waals surface area contributed by atoms with E-state index in [9.17, 15) is 8.78 Å². The van der Waals surface area contributed by atoms with Crippen molar-refractivity contribution in [1.29, 1.82) is 0 Å². The molecule has 2 rings (SSSR count). The summed E-state index contributed by atoms with van der Waals surface area (Å²) in [4.78, 5) is 4.26. The maximum absolute atomic E-state index is 13.8. The summed E-state index contributed by atoms with van der Waals surface area (Å²) in [6.07, 6.45) is 0. The van der Waals surface area contributed by atoms with Crippen LogP contribution in [0, 0.1) is 11.6 Å². The SMILES string of the molecule is CC(C)(C)c1cc(N)c2c(Br)c(F)cc(F)c2n1. The van der Waals surface area contributed by atoms with Crippen LogP contribution in [0.25, 0.3) is 10.9 Å². The zero-order chi connectivity index (χ0) is 13.7. The predicted octanol–water partition coefficient (Wildman–Crippen LogP) is 4.16. The molecule has 0 aliphatic carbocycles. The fraction of sp³-hybridized carbons (Fsp3) is 0.308. The highest BCUT2D eigenvalue weighted by Crippen LogP contribution is 2.34. The van der Waals surface area contributed by atoms with Crippen molar-refractivity contribution < 1.29 is 8.78 Å². The molecule has 96 valence electrons. The molecule has 0 bridgehead atoms. The largest absolute Gasteiger partial charge is 0.398 e. The van der Waals surface area contributed by atoms with Gasteiger partial charge in [0.15, 0.2) is 5.82 Å². The van der Waals surface area contributed by atoms with Gasteiger partial charge in [0.05, 0.1) is 4.47 Å². The van der Waals surface area contributed by atoms with E-state index in [1.54, 1.807) is 6.07 Å². The number of halogens is 3. The van der Waals surface area contributed by atoms with E-state index in [-0.39, 0.29) is 20.8 Å². The van der Waals surface area contributed by atoms with Crippen LogP contribution in [0.5, 0.6) is 0 Å². The molecule has 0 amide bonds. The van der Waals surface area contributed by atoms with Gasteiger partial charge in [-0.05, 0) is 22.0 Å². The van der Waals surface area contributed by atoms with Crippen LogP contribution in [-0.2, 0) is 5.41 Å². The lowest BCUT2D eigenvalue weighted by Crippen LogP contribution is -2.14. The van der Waals surface area contributed by atoms with E-state index in [1.807, 2.05) is 20.8 Å². The highest BCUT2D eigenvalue weighted by molar-refractivity contribution is 9.10. The van der Waals surface area contributed by atoms with Gasteiger partial charge in [-0.15, -0.1) is 0 Å². The second-order valence-electron chi connectivity index (χ2n) is 5.22. The van der Waals surface area contributed by atoms with E-state index in [0.717, 1.165) is 6.07 Å². The summed E-state index contributed by atoms with van der Waals surface area (Å²) in [6, 6.07) is 2.47. The molecule has 0 spiro atoms. The lowest BCUT2D eigenvalue weighted by molar-refractivity contribution is 0.565. The van der Waals surface area contributed by atoms with E-state index < -0.39 is 11.6 Å². The summed E-state index contributed by atoms with van der Waals surface area (Å²) in [5, 5.41) is 0.278. The molecule has 0 saturated carbocycles. The molecule has 2 N–H and O–H groups in total. The molecule has 0 fully saturated rings. The van der Waals surface area contributed by atoms with Crippen LogP contribution in [0.3, 0.4) is 0 Å². The van der Waals surface area contributed by atoms with Gasteiger partial charge >= 0.3 is 0 Å². The molecule has 1 aromatic heterocycles. The fourth-order valence-electron chi connectivity index (χ4n) is 1.71. The molecule has 0 aliphatic heterocycles. The van der Waals surface area contributed by atoms with E-state index >= 15 is 0 Å². The quantitative estimate of drug-likeness (QED) is 0.742. The average Bonchev–Trinajstić information content (AvgIpc) is 2.24. The number of anilines is 1. The summed E-state index contributed by atoms with van der Waals surface area (Å²) in [5.74, 6) is -1.39. The second kappa shape index (κ2) is 4.16. The Morgan fingerprint density at radius 3 is 2.33 bits per heavy atom. The Morgan fingerprint density at radius 1 is 1.17 bits per heavy atom. The maximum atomic E-state index is 13.8. The number of aromatic nitrogens is 1. The van der Waals surface area contributed by atoms with Gasteiger partial charge in [0, 0.05) is 28.2 Å². The van der Waals surface area contributed by atoms with Crippen molar-refractivity contribution in [3.8, 4) is 0 Å². The van der Waals surface area contributed by atoms with Crippen LogP contribution in [-0.4, -0.2) is 4.98 Å². The minimum absolute atomic E-state index is 0.0909. The molecule has 0 atom stereocenters. The van der Waals surface area contributed by atoms with Crippen molar-refractivity contribution in [3.63, 3.8) is 0 Å². The normalized spacial score (nSPS) is 12.1. The van der Waals surface area contributed by atoms with E-state index in [4.69, 9.17) is 5.73 Å². The van der Waals surface area contributed by atoms with Crippen LogP contribution in [0.15, 0.2) is 16.6 Å². The van der Waals surface area contributed by atoms with Gasteiger partial charge in [-0.2, -0.15) is 0 Å². The van der Waals surface area contributed by atoms with Gasteiger partial charge in [-0.3, -0.25) is 0 Å². The molecular weight excluding hydrogens is 302 g/mol. The van der Waals surface area contributed by atoms with Crippen molar-refractivity contribution in [2.24, 2.45) is 0 Å². The van der Waals surface area contributed by atoms with Crippen LogP contribution in [0.1, 0.15) is 26.5 Å². The van der Waals surface area contributed by atoms with Crippen molar-refractivity contribution in [3.05, 3.63) is 33.9 Å². The molecule has 2 nitrogen and oxygen atoms in total. The summed E-state index contributed by atoms with van der Waals surface area (Å²) >= 11 is 3.08. The lowest BCUT2D eigenvalue weighted by Gasteiger charge is -2.19. The molecular formula is C13H13BrF2N2. The molecule has 0 saturated heterocycles. The number of nitrogens with zero attached hydrogens (tertiary/aromatic N) is 1. The van der Waals surface area contributed by atoms with Crippen LogP contribution < -0.4 is 5.73 Å². The Morgan fingerprint density at radius 2 is 1.78 bits per heavy atom. The monoisotopic (exact) mass is 314 g/mol. The number of benzene rings is 1. The molecule has 5 heteroatoms. The number of fused-ring (bicyclic) bond motifs is 1. The minimum atomic E-state index is -0.705. The maximum Gasteiger partial charge on any atom is 0.152 e. The van der Waals surface area contributed by atoms with Crippen molar-refractivity contribution >= 4 is 32.5 Å². The smallest absolute Gasteiger partial charge is 0.152 e. The van der Waals surface area contributed by atoms with Gasteiger partial charge in [-0.1, -0.05) is 20.8 Å². The third kappa shape index (κ3) is 2.07. The second-order valence-corrected chi connectivity index (χ2v) is 6.02. The van der Waals surface area contributed by atoms with Gasteiger partial charge in [0.1, 0.15) is 11.3 Å². The Balaban J connectivity index is 2.91. The first-order valence-corrected chi connectivity index (χ1v) is 6.25. The fourth-order valence-corrected chi connectivity index (χ4v) is 2.25. The minimum Gasteiger partial charge on any atom is -0.398 e. The zero-order valence-corrected chi connectivity index (χ0v) is 11.9. The van der Waals surface area contributed by atoms with E-state index in [0.29, 0.717) is 11.4 Å². The third-order valence-corrected chi connectivity index (χ3v) is 3.50. The zero-order valence-electron chi connectivity index (χ0n) is 10.3. The number of rotatable bonds is 0. The van der Waals surface area contributed by atoms with Crippen LogP contribution >= 0.6 is 15.9 Å². The van der Waals surface area contributed by atoms with Gasteiger partial charge in [-0.25, -0.2) is 13.8 Å². The Kier molecular flexibility index (Phi) is 3.05. The number of nitrogen functional groups attached to an aromatic ring is 1. The third-order valence-electron chi connectivity index (χ3n) is 2.73. The standard InChI is InChI=1S/C13H13BrF2N2/c1-13(2,3)9-5-8(17)10-11(14)6(15)4-7(16)12(10)18-9/h4-5H,1-3H3,(H2,17,18). The van der Waals surface area contributed by atoms with E-state index in [2.05, 4.69) is 20.9 Å². The number of hydrogen-bond acceptors (Lipinski definition) is 2. The molecule has 2 aromatic rings. The summed E-state index contributed by atoms with van der Waals surface area (Å²) in [6.45, 7) is 5.87.